The fraction of sp³-hybridized carbons (Fsp3) is 1.00. The van der Waals surface area contributed by atoms with Gasteiger partial charge in [-0.3, -0.25) is 0 Å². The van der Waals surface area contributed by atoms with E-state index in [1.165, 1.54) is 26.1 Å². The topological polar surface area (TPSA) is 0 Å². The normalized spacial score (nSPS) is 10.8. The van der Waals surface area contributed by atoms with E-state index in [9.17, 15) is 0 Å². The molecule has 0 aliphatic carbocycles. The summed E-state index contributed by atoms with van der Waals surface area (Å²) in [5.74, 6) is 0. The van der Waals surface area contributed by atoms with Crippen LogP contribution in [-0.2, 0) is 0 Å². The zero-order valence-electron chi connectivity index (χ0n) is 10.5. The number of halogens is 2. The highest BCUT2D eigenvalue weighted by Gasteiger charge is 2.14. The first-order valence-corrected chi connectivity index (χ1v) is 4.89. The molecule has 0 saturated carbocycles. The molecule has 0 amide bonds. The summed E-state index contributed by atoms with van der Waals surface area (Å²) >= 11 is 0. The summed E-state index contributed by atoms with van der Waals surface area (Å²) in [5.41, 5.74) is 0. The van der Waals surface area contributed by atoms with Crippen LogP contribution in [0.15, 0.2) is 0 Å². The first kappa shape index (κ1) is 24.6. The van der Waals surface area contributed by atoms with E-state index in [4.69, 9.17) is 0 Å². The number of nitrogens with zero attached hydrogens (tertiary/aromatic N) is 2. The smallest absolute Gasteiger partial charge is 0.0836 e. The molecular formula is C11H30Cl2N2. The van der Waals surface area contributed by atoms with Gasteiger partial charge in [-0.2, -0.15) is 0 Å². The van der Waals surface area contributed by atoms with Crippen LogP contribution in [0.4, 0.5) is 0 Å². The van der Waals surface area contributed by atoms with Crippen LogP contribution in [0, 0.1) is 0 Å². The van der Waals surface area contributed by atoms with Crippen LogP contribution in [0.3, 0.4) is 0 Å². The molecule has 0 radical (unpaired) electrons. The summed E-state index contributed by atoms with van der Waals surface area (Å²) in [6, 6.07) is 0. The maximum Gasteiger partial charge on any atom is 0.0836 e. The standard InChI is InChI=1S/C10H26N2.CH4.2ClH/c1-7-12(5,6)10-8-9-11(2,3)4;;;/h7-10H2,1-6H3;1H4;2*1H/q+2;;;/p-2. The first-order valence-electron chi connectivity index (χ1n) is 4.89. The molecule has 0 aromatic heterocycles. The molecule has 0 atom stereocenters. The van der Waals surface area contributed by atoms with Crippen molar-refractivity contribution >= 4 is 0 Å². The van der Waals surface area contributed by atoms with E-state index in [0.717, 1.165) is 8.97 Å². The molecule has 0 N–H and O–H groups in total. The van der Waals surface area contributed by atoms with Crippen molar-refractivity contribution in [2.24, 2.45) is 0 Å². The third-order valence-electron chi connectivity index (χ3n) is 2.45. The Balaban J connectivity index is -0.000000202. The molecular weight excluding hydrogens is 231 g/mol. The molecule has 15 heavy (non-hydrogen) atoms. The second-order valence-corrected chi connectivity index (χ2v) is 5.34. The van der Waals surface area contributed by atoms with Crippen molar-refractivity contribution in [1.29, 1.82) is 0 Å². The van der Waals surface area contributed by atoms with Gasteiger partial charge in [0.15, 0.2) is 0 Å². The first-order chi connectivity index (χ1) is 5.27. The highest BCUT2D eigenvalue weighted by molar-refractivity contribution is 4.35. The lowest BCUT2D eigenvalue weighted by molar-refractivity contribution is -0.900. The minimum absolute atomic E-state index is 0. The highest BCUT2D eigenvalue weighted by Crippen LogP contribution is 2.01. The summed E-state index contributed by atoms with van der Waals surface area (Å²) in [7, 11) is 11.4. The second kappa shape index (κ2) is 9.71. The van der Waals surface area contributed by atoms with Crippen molar-refractivity contribution in [2.75, 3.05) is 54.9 Å². The Hall–Kier alpha value is 0.500. The number of hydrogen-bond acceptors (Lipinski definition) is 0. The fourth-order valence-electron chi connectivity index (χ4n) is 1.13. The monoisotopic (exact) mass is 260 g/mol. The quantitative estimate of drug-likeness (QED) is 0.441. The molecule has 0 saturated heterocycles. The molecule has 4 heteroatoms. The van der Waals surface area contributed by atoms with Gasteiger partial charge in [0, 0.05) is 6.42 Å². The average Bonchev–Trinajstić information content (AvgIpc) is 1.84. The van der Waals surface area contributed by atoms with Gasteiger partial charge in [-0.15, -0.1) is 0 Å². The Morgan fingerprint density at radius 2 is 1.20 bits per heavy atom. The maximum absolute atomic E-state index is 2.30. The molecule has 0 bridgehead atoms. The minimum atomic E-state index is 0. The summed E-state index contributed by atoms with van der Waals surface area (Å²) in [6.45, 7) is 6.07. The van der Waals surface area contributed by atoms with Gasteiger partial charge in [-0.25, -0.2) is 0 Å². The molecule has 0 unspecified atom stereocenters. The Morgan fingerprint density at radius 1 is 0.800 bits per heavy atom. The molecule has 98 valence electrons. The van der Waals surface area contributed by atoms with Crippen LogP contribution in [0.5, 0.6) is 0 Å². The van der Waals surface area contributed by atoms with E-state index in [1.54, 1.807) is 0 Å². The Labute approximate surface area is 110 Å². The van der Waals surface area contributed by atoms with E-state index in [1.807, 2.05) is 0 Å². The molecule has 0 aromatic carbocycles. The molecule has 0 heterocycles. The average molecular weight is 261 g/mol. The van der Waals surface area contributed by atoms with Gasteiger partial charge in [0.05, 0.1) is 54.9 Å². The van der Waals surface area contributed by atoms with Crippen LogP contribution in [0.25, 0.3) is 0 Å². The van der Waals surface area contributed by atoms with Crippen molar-refractivity contribution in [2.45, 2.75) is 20.8 Å². The summed E-state index contributed by atoms with van der Waals surface area (Å²) < 4.78 is 2.24. The molecule has 0 rings (SSSR count). The molecule has 0 aliphatic heterocycles. The maximum atomic E-state index is 2.30. The van der Waals surface area contributed by atoms with Crippen molar-refractivity contribution < 1.29 is 33.8 Å². The third kappa shape index (κ3) is 17.1. The Kier molecular flexibility index (Phi) is 15.9. The van der Waals surface area contributed by atoms with Crippen LogP contribution in [-0.4, -0.2) is 63.8 Å². The van der Waals surface area contributed by atoms with Crippen molar-refractivity contribution in [1.82, 2.24) is 0 Å². The largest absolute Gasteiger partial charge is 1.00 e. The Bertz CT molecular complexity index is 131. The van der Waals surface area contributed by atoms with Crippen LogP contribution in [0.2, 0.25) is 0 Å². The minimum Gasteiger partial charge on any atom is -1.00 e. The van der Waals surface area contributed by atoms with Crippen LogP contribution < -0.4 is 24.8 Å². The van der Waals surface area contributed by atoms with E-state index in [-0.39, 0.29) is 32.2 Å². The molecule has 0 aromatic rings. The van der Waals surface area contributed by atoms with Crippen LogP contribution in [0.1, 0.15) is 20.8 Å². The van der Waals surface area contributed by atoms with Gasteiger partial charge in [0.1, 0.15) is 0 Å². The SMILES string of the molecule is C.CC[N+](C)(C)CCC[N+](C)(C)C.[Cl-].[Cl-]. The van der Waals surface area contributed by atoms with Gasteiger partial charge in [0.2, 0.25) is 0 Å². The van der Waals surface area contributed by atoms with Crippen molar-refractivity contribution in [3.63, 3.8) is 0 Å². The van der Waals surface area contributed by atoms with Crippen molar-refractivity contribution in [3.8, 4) is 0 Å². The molecule has 0 fully saturated rings. The van der Waals surface area contributed by atoms with Crippen molar-refractivity contribution in [3.05, 3.63) is 0 Å². The van der Waals surface area contributed by atoms with E-state index in [2.05, 4.69) is 42.2 Å². The zero-order chi connectivity index (χ0) is 9.83. The van der Waals surface area contributed by atoms with Gasteiger partial charge < -0.3 is 33.8 Å². The Morgan fingerprint density at radius 3 is 1.47 bits per heavy atom. The predicted octanol–water partition coefficient (Wildman–Crippen LogP) is -4.18. The van der Waals surface area contributed by atoms with Gasteiger partial charge >= 0.3 is 0 Å². The summed E-state index contributed by atoms with van der Waals surface area (Å²) in [4.78, 5) is 0. The molecule has 0 aliphatic rings. The second-order valence-electron chi connectivity index (χ2n) is 5.34. The highest BCUT2D eigenvalue weighted by atomic mass is 35.5. The summed E-state index contributed by atoms with van der Waals surface area (Å²) in [5, 5.41) is 0. The van der Waals surface area contributed by atoms with E-state index < -0.39 is 0 Å². The lowest BCUT2D eigenvalue weighted by Gasteiger charge is -2.30. The fourth-order valence-corrected chi connectivity index (χ4v) is 1.13. The lowest BCUT2D eigenvalue weighted by atomic mass is 10.3. The summed E-state index contributed by atoms with van der Waals surface area (Å²) in [6.07, 6.45) is 1.32. The third-order valence-corrected chi connectivity index (χ3v) is 2.45. The predicted molar refractivity (Wildman–Crippen MR) is 61.8 cm³/mol. The van der Waals surface area contributed by atoms with Gasteiger partial charge in [-0.1, -0.05) is 7.43 Å². The number of hydrogen-bond donors (Lipinski definition) is 0. The zero-order valence-corrected chi connectivity index (χ0v) is 12.0. The number of rotatable bonds is 5. The van der Waals surface area contributed by atoms with E-state index >= 15 is 0 Å². The van der Waals surface area contributed by atoms with E-state index in [0.29, 0.717) is 0 Å². The number of quaternary nitrogens is 2. The molecule has 2 nitrogen and oxygen atoms in total. The molecule has 0 spiro atoms. The lowest BCUT2D eigenvalue weighted by Crippen LogP contribution is -3.00. The van der Waals surface area contributed by atoms with Crippen LogP contribution >= 0.6 is 0 Å². The van der Waals surface area contributed by atoms with Gasteiger partial charge in [-0.05, 0) is 6.92 Å². The van der Waals surface area contributed by atoms with Gasteiger partial charge in [0.25, 0.3) is 0 Å².